The van der Waals surface area contributed by atoms with Gasteiger partial charge in [0, 0.05) is 0 Å². The summed E-state index contributed by atoms with van der Waals surface area (Å²) in [5.74, 6) is 1.67. The minimum atomic E-state index is -4.41. The molecule has 0 aliphatic rings. The van der Waals surface area contributed by atoms with Gasteiger partial charge in [0.15, 0.2) is 11.5 Å². The van der Waals surface area contributed by atoms with Gasteiger partial charge in [-0.15, -0.1) is 0 Å². The van der Waals surface area contributed by atoms with E-state index >= 15 is 0 Å². The molecule has 3 nitrogen and oxygen atoms in total. The summed E-state index contributed by atoms with van der Waals surface area (Å²) in [7, 11) is 3.16. The van der Waals surface area contributed by atoms with Gasteiger partial charge in [-0.3, -0.25) is 0 Å². The smallest absolute Gasteiger partial charge is 0.417 e. The predicted molar refractivity (Wildman–Crippen MR) is 155 cm³/mol. The van der Waals surface area contributed by atoms with Crippen LogP contribution in [0.25, 0.3) is 22.9 Å². The molecule has 0 heterocycles. The Balaban J connectivity index is 1.63. The van der Waals surface area contributed by atoms with Crippen molar-refractivity contribution in [3.05, 3.63) is 65.2 Å². The molecule has 0 saturated carbocycles. The molecule has 0 amide bonds. The summed E-state index contributed by atoms with van der Waals surface area (Å²) in [6.07, 6.45) is 11.8. The Morgan fingerprint density at radius 2 is 1.26 bits per heavy atom. The van der Waals surface area contributed by atoms with Gasteiger partial charge in [-0.1, -0.05) is 107 Å². The second kappa shape index (κ2) is 15.4. The molecular formula is C33H41F3O3. The molecule has 212 valence electrons. The average molecular weight is 543 g/mol. The number of ether oxygens (including phenoxy) is 3. The fourth-order valence-corrected chi connectivity index (χ4v) is 4.80. The van der Waals surface area contributed by atoms with Crippen LogP contribution in [-0.2, 0) is 6.18 Å². The van der Waals surface area contributed by atoms with Crippen molar-refractivity contribution in [1.82, 2.24) is 0 Å². The molecule has 6 heteroatoms. The summed E-state index contributed by atoms with van der Waals surface area (Å²) in [4.78, 5) is 0. The van der Waals surface area contributed by atoms with Crippen LogP contribution in [0, 0.1) is 0 Å². The van der Waals surface area contributed by atoms with Crippen LogP contribution in [0.15, 0.2) is 48.5 Å². The van der Waals surface area contributed by atoms with E-state index in [2.05, 4.69) is 6.92 Å². The van der Waals surface area contributed by atoms with Crippen LogP contribution >= 0.6 is 0 Å². The van der Waals surface area contributed by atoms with Crippen LogP contribution in [0.3, 0.4) is 0 Å². The third kappa shape index (κ3) is 8.94. The number of benzene rings is 3. The lowest BCUT2D eigenvalue weighted by Gasteiger charge is -2.15. The van der Waals surface area contributed by atoms with E-state index < -0.39 is 11.7 Å². The third-order valence-corrected chi connectivity index (χ3v) is 6.95. The predicted octanol–water partition coefficient (Wildman–Crippen LogP) is 10.3. The zero-order chi connectivity index (χ0) is 28.1. The molecule has 0 N–H and O–H groups in total. The summed E-state index contributed by atoms with van der Waals surface area (Å²) in [6.45, 7) is 2.82. The topological polar surface area (TPSA) is 27.7 Å². The molecular weight excluding hydrogens is 501 g/mol. The van der Waals surface area contributed by atoms with Gasteiger partial charge in [0.2, 0.25) is 5.75 Å². The molecule has 0 unspecified atom stereocenters. The Morgan fingerprint density at radius 1 is 0.692 bits per heavy atom. The van der Waals surface area contributed by atoms with Crippen LogP contribution in [0.2, 0.25) is 0 Å². The number of fused-ring (bicyclic) bond motifs is 1. The molecule has 0 saturated heterocycles. The maximum atomic E-state index is 13.5. The number of alkyl halides is 3. The Bertz CT molecular complexity index is 1180. The van der Waals surface area contributed by atoms with E-state index in [1.807, 2.05) is 18.2 Å². The zero-order valence-electron chi connectivity index (χ0n) is 23.4. The molecule has 3 rings (SSSR count). The highest BCUT2D eigenvalue weighted by atomic mass is 19.4. The Kier molecular flexibility index (Phi) is 12.0. The Morgan fingerprint density at radius 3 is 1.82 bits per heavy atom. The number of hydrogen-bond donors (Lipinski definition) is 0. The largest absolute Gasteiger partial charge is 0.493 e. The first-order valence-corrected chi connectivity index (χ1v) is 14.0. The van der Waals surface area contributed by atoms with Gasteiger partial charge < -0.3 is 14.2 Å². The first-order valence-electron chi connectivity index (χ1n) is 14.0. The number of halogens is 3. The van der Waals surface area contributed by atoms with Gasteiger partial charge in [0.05, 0.1) is 26.4 Å². The minimum Gasteiger partial charge on any atom is -0.493 e. The van der Waals surface area contributed by atoms with Crippen LogP contribution in [-0.4, -0.2) is 20.8 Å². The highest BCUT2D eigenvalue weighted by Crippen LogP contribution is 2.40. The van der Waals surface area contributed by atoms with E-state index in [-0.39, 0.29) is 5.39 Å². The van der Waals surface area contributed by atoms with E-state index in [9.17, 15) is 13.2 Å². The van der Waals surface area contributed by atoms with Crippen LogP contribution < -0.4 is 14.2 Å². The molecule has 0 aliphatic heterocycles. The van der Waals surface area contributed by atoms with Crippen molar-refractivity contribution in [2.24, 2.45) is 0 Å². The SMILES string of the molecule is CCCCCCCCCCCCOc1c(OC)cc(/C=C/c2ccc(C(F)(F)F)c3ccccc23)cc1OC. The van der Waals surface area contributed by atoms with Crippen molar-refractivity contribution in [1.29, 1.82) is 0 Å². The first-order chi connectivity index (χ1) is 18.9. The third-order valence-electron chi connectivity index (χ3n) is 6.95. The molecule has 0 aliphatic carbocycles. The molecule has 0 radical (unpaired) electrons. The van der Waals surface area contributed by atoms with Gasteiger partial charge in [-0.05, 0) is 46.5 Å². The molecule has 3 aromatic carbocycles. The van der Waals surface area contributed by atoms with Crippen molar-refractivity contribution in [3.63, 3.8) is 0 Å². The van der Waals surface area contributed by atoms with E-state index in [0.717, 1.165) is 24.5 Å². The van der Waals surface area contributed by atoms with Crippen LogP contribution in [0.4, 0.5) is 13.2 Å². The molecule has 39 heavy (non-hydrogen) atoms. The normalized spacial score (nSPS) is 11.8. The van der Waals surface area contributed by atoms with Crippen molar-refractivity contribution in [2.45, 2.75) is 77.3 Å². The van der Waals surface area contributed by atoms with Crippen LogP contribution in [0.5, 0.6) is 17.2 Å². The quantitative estimate of drug-likeness (QED) is 0.133. The number of rotatable bonds is 16. The molecule has 0 fully saturated rings. The molecule has 0 aromatic heterocycles. The van der Waals surface area contributed by atoms with Gasteiger partial charge in [-0.25, -0.2) is 0 Å². The lowest BCUT2D eigenvalue weighted by Crippen LogP contribution is -2.05. The second-order valence-electron chi connectivity index (χ2n) is 9.86. The van der Waals surface area contributed by atoms with E-state index in [0.29, 0.717) is 34.8 Å². The number of unbranched alkanes of at least 4 members (excludes halogenated alkanes) is 9. The Labute approximate surface area is 231 Å². The second-order valence-corrected chi connectivity index (χ2v) is 9.86. The van der Waals surface area contributed by atoms with Crippen LogP contribution in [0.1, 0.15) is 87.8 Å². The fraction of sp³-hybridized carbons (Fsp3) is 0.455. The summed E-state index contributed by atoms with van der Waals surface area (Å²) in [5.41, 5.74) is 0.847. The molecule has 3 aromatic rings. The summed E-state index contributed by atoms with van der Waals surface area (Å²) < 4.78 is 57.7. The zero-order valence-corrected chi connectivity index (χ0v) is 23.4. The minimum absolute atomic E-state index is 0.179. The van der Waals surface area contributed by atoms with Crippen molar-refractivity contribution in [2.75, 3.05) is 20.8 Å². The molecule has 0 atom stereocenters. The monoisotopic (exact) mass is 542 g/mol. The van der Waals surface area contributed by atoms with Crippen molar-refractivity contribution >= 4 is 22.9 Å². The van der Waals surface area contributed by atoms with E-state index in [1.54, 1.807) is 38.5 Å². The van der Waals surface area contributed by atoms with Crippen molar-refractivity contribution < 1.29 is 27.4 Å². The summed E-state index contributed by atoms with van der Waals surface area (Å²) in [5, 5.41) is 0.719. The standard InChI is InChI=1S/C33H41F3O3/c1-4-5-6-7-8-9-10-11-12-15-22-39-32-30(37-2)23-25(24-31(32)38-3)18-19-26-20-21-29(33(34,35)36)28-17-14-13-16-27(26)28/h13-14,16-21,23-24H,4-12,15,22H2,1-3H3/b19-18+. The molecule has 0 spiro atoms. The first kappa shape index (κ1) is 30.4. The van der Waals surface area contributed by atoms with Crippen molar-refractivity contribution in [3.8, 4) is 17.2 Å². The maximum absolute atomic E-state index is 13.5. The highest BCUT2D eigenvalue weighted by Gasteiger charge is 2.32. The fourth-order valence-electron chi connectivity index (χ4n) is 4.80. The Hall–Kier alpha value is -3.15. The summed E-state index contributed by atoms with van der Waals surface area (Å²) >= 11 is 0. The van der Waals surface area contributed by atoms with Gasteiger partial charge in [0.25, 0.3) is 0 Å². The number of hydrogen-bond acceptors (Lipinski definition) is 3. The van der Waals surface area contributed by atoms with Gasteiger partial charge in [-0.2, -0.15) is 13.2 Å². The molecule has 0 bridgehead atoms. The van der Waals surface area contributed by atoms with Gasteiger partial charge >= 0.3 is 6.18 Å². The van der Waals surface area contributed by atoms with E-state index in [4.69, 9.17) is 14.2 Å². The van der Waals surface area contributed by atoms with Gasteiger partial charge in [0.1, 0.15) is 0 Å². The van der Waals surface area contributed by atoms with E-state index in [1.165, 1.54) is 63.5 Å². The average Bonchev–Trinajstić information content (AvgIpc) is 2.93. The number of methoxy groups -OCH3 is 2. The highest BCUT2D eigenvalue weighted by molar-refractivity contribution is 5.95. The maximum Gasteiger partial charge on any atom is 0.417 e. The lowest BCUT2D eigenvalue weighted by molar-refractivity contribution is -0.136. The lowest BCUT2D eigenvalue weighted by atomic mass is 9.98. The summed E-state index contributed by atoms with van der Waals surface area (Å²) in [6, 6.07) is 12.9.